The molecule has 0 N–H and O–H groups in total. The van der Waals surface area contributed by atoms with Gasteiger partial charge in [-0.15, -0.1) is 0 Å². The lowest BCUT2D eigenvalue weighted by atomic mass is 10.0. The molecule has 25 heteroatoms. The van der Waals surface area contributed by atoms with E-state index in [2.05, 4.69) is 230 Å². The highest BCUT2D eigenvalue weighted by atomic mass is 79.9. The maximum atomic E-state index is 10.4. The second-order valence-electron chi connectivity index (χ2n) is 35.2. The van der Waals surface area contributed by atoms with Crippen molar-refractivity contribution in [1.82, 2.24) is 19.6 Å². The Bertz CT molecular complexity index is 4610. The van der Waals surface area contributed by atoms with Crippen LogP contribution in [0.3, 0.4) is 0 Å². The highest BCUT2D eigenvalue weighted by molar-refractivity contribution is 7.86. The van der Waals surface area contributed by atoms with Gasteiger partial charge < -0.3 is 112 Å². The minimum Gasteiger partial charge on any atom is -1.00 e. The van der Waals surface area contributed by atoms with Crippen molar-refractivity contribution >= 4 is 51.3 Å². The number of fused-ring (bicyclic) bond motifs is 5. The summed E-state index contributed by atoms with van der Waals surface area (Å²) in [6, 6.07) is 55.5. The molecule has 0 unspecified atom stereocenters. The van der Waals surface area contributed by atoms with Gasteiger partial charge in [-0.25, -0.2) is 39.7 Å². The van der Waals surface area contributed by atoms with E-state index in [0.717, 1.165) is 17.7 Å². The van der Waals surface area contributed by atoms with Crippen molar-refractivity contribution in [1.29, 1.82) is 0 Å². The van der Waals surface area contributed by atoms with E-state index in [1.54, 1.807) is 24.3 Å². The van der Waals surface area contributed by atoms with Gasteiger partial charge in [0.15, 0.2) is 63.8 Å². The van der Waals surface area contributed by atoms with Crippen LogP contribution in [-0.2, 0) is 52.3 Å². The van der Waals surface area contributed by atoms with Crippen LogP contribution in [0.2, 0.25) is 0 Å². The first-order valence-electron chi connectivity index (χ1n) is 43.6. The number of nitrogens with zero attached hydrogens (tertiary/aromatic N) is 12. The third-order valence-electron chi connectivity index (χ3n) is 25.4. The van der Waals surface area contributed by atoms with Crippen molar-refractivity contribution in [3.05, 3.63) is 237 Å². The van der Waals surface area contributed by atoms with E-state index in [-0.39, 0.29) is 94.7 Å². The third-order valence-corrected chi connectivity index (χ3v) is 27.1. The van der Waals surface area contributed by atoms with Gasteiger partial charge in [0.2, 0.25) is 0 Å². The van der Waals surface area contributed by atoms with Crippen molar-refractivity contribution in [2.45, 2.75) is 107 Å². The molecule has 5 fully saturated rings. The lowest BCUT2D eigenvalue weighted by Gasteiger charge is -2.38. The van der Waals surface area contributed by atoms with Crippen LogP contribution in [0.5, 0.6) is 0 Å². The van der Waals surface area contributed by atoms with Crippen LogP contribution < -0.4 is 84.9 Å². The Morgan fingerprint density at radius 1 is 0.314 bits per heavy atom. The Balaban J connectivity index is 0.000000219. The van der Waals surface area contributed by atoms with Gasteiger partial charge in [-0.1, -0.05) is 133 Å². The number of hydrogen-bond acceptors (Lipinski definition) is 10. The van der Waals surface area contributed by atoms with Crippen molar-refractivity contribution in [2.24, 2.45) is 0 Å². The van der Waals surface area contributed by atoms with Gasteiger partial charge >= 0.3 is 0 Å². The van der Waals surface area contributed by atoms with Gasteiger partial charge in [0.05, 0.1) is 96.9 Å². The average Bonchev–Trinajstić information content (AvgIpc) is 1.82. The minimum absolute atomic E-state index is 0. The lowest BCUT2D eigenvalue weighted by Crippen LogP contribution is -3.00. The molecule has 0 bridgehead atoms. The van der Waals surface area contributed by atoms with Gasteiger partial charge in [0.25, 0.3) is 0 Å². The number of aryl methyl sites for hydroxylation is 2. The fourth-order valence-corrected chi connectivity index (χ4v) is 18.2. The molecule has 18 nitrogen and oxygen atoms in total. The molecule has 0 radical (unpaired) electrons. The average molecular weight is 2020 g/mol. The highest BCUT2D eigenvalue weighted by Gasteiger charge is 2.31. The number of piperidine rings is 2. The first-order chi connectivity index (χ1) is 55.8. The van der Waals surface area contributed by atoms with Crippen LogP contribution in [0.15, 0.2) is 180 Å². The fraction of sp³-hybridized carbons (Fsp3) is 0.510. The zero-order chi connectivity index (χ0) is 81.8. The second kappa shape index (κ2) is 52.2. The Kier molecular flexibility index (Phi) is 45.1. The predicted molar refractivity (Wildman–Crippen MR) is 472 cm³/mol. The molecular weight excluding hydrogens is 1880 g/mol. The molecule has 10 aliphatic rings. The normalized spacial score (nSPS) is 18.7. The SMILES string of the molecule is C1=[N+](CCN2CCCCC2)CCc2ccccc21.CN1CCN(CC[N+]2=Cc3ccccc3CC2)CC1.C[N+]1(C)CCN(CC[N+]2=Cc3ccccc3CC2)CC1.C[N+]1(CC[N+]2=Cc3ccccc3CC2)CCCC1.C[N+]1(CC[N+]2=Cc3ccccc3CC2)CCCCC1.Cc1ccc(S(=O)(=O)[O-])cc1.Cc1ccc(S(=O)(=O)[O-])cc1.[Br-].[Br-].[Br-].[Br-].[Br-]. The van der Waals surface area contributed by atoms with Crippen LogP contribution in [0.1, 0.15) is 118 Å². The molecule has 0 aromatic heterocycles. The quantitative estimate of drug-likeness (QED) is 0.0496. The molecule has 0 amide bonds. The molecule has 7 aromatic rings. The van der Waals surface area contributed by atoms with E-state index in [4.69, 9.17) is 0 Å². The number of likely N-dealkylation sites (N-methyl/N-ethyl adjacent to an activating group) is 4. The molecule has 10 heterocycles. The van der Waals surface area contributed by atoms with Crippen molar-refractivity contribution in [3.63, 3.8) is 0 Å². The number of piperazine rings is 2. The van der Waals surface area contributed by atoms with E-state index < -0.39 is 20.2 Å². The Morgan fingerprint density at radius 2 is 0.570 bits per heavy atom. The van der Waals surface area contributed by atoms with E-state index in [9.17, 15) is 25.9 Å². The summed E-state index contributed by atoms with van der Waals surface area (Å²) in [5, 5.41) is 0. The van der Waals surface area contributed by atoms with Gasteiger partial charge in [-0.3, -0.25) is 14.7 Å². The largest absolute Gasteiger partial charge is 1.00 e. The molecule has 0 spiro atoms. The zero-order valence-electron chi connectivity index (χ0n) is 73.3. The number of halogens is 5. The summed E-state index contributed by atoms with van der Waals surface area (Å²) in [6.45, 7) is 39.8. The van der Waals surface area contributed by atoms with Crippen LogP contribution in [0.4, 0.5) is 0 Å². The van der Waals surface area contributed by atoms with Gasteiger partial charge in [-0.05, 0) is 149 Å². The fourth-order valence-electron chi connectivity index (χ4n) is 17.3. The molecule has 5 saturated heterocycles. The van der Waals surface area contributed by atoms with E-state index in [1.807, 2.05) is 13.8 Å². The first-order valence-corrected chi connectivity index (χ1v) is 46.4. The number of benzene rings is 7. The van der Waals surface area contributed by atoms with Gasteiger partial charge in [0, 0.05) is 112 Å². The summed E-state index contributed by atoms with van der Waals surface area (Å²) >= 11 is 0. The van der Waals surface area contributed by atoms with Crippen LogP contribution in [0, 0.1) is 13.8 Å². The molecule has 664 valence electrons. The predicted octanol–water partition coefficient (Wildman–Crippen LogP) is -4.82. The number of rotatable bonds is 17. The van der Waals surface area contributed by atoms with E-state index in [1.165, 1.54) is 360 Å². The zero-order valence-corrected chi connectivity index (χ0v) is 82.8. The van der Waals surface area contributed by atoms with Crippen molar-refractivity contribution < 1.29 is 147 Å². The summed E-state index contributed by atoms with van der Waals surface area (Å²) in [7, 11) is 3.22. The maximum absolute atomic E-state index is 10.4. The molecule has 0 saturated carbocycles. The second-order valence-corrected chi connectivity index (χ2v) is 38.0. The molecule has 7 aromatic carbocycles. The topological polar surface area (TPSA) is 142 Å². The van der Waals surface area contributed by atoms with Crippen LogP contribution >= 0.6 is 0 Å². The van der Waals surface area contributed by atoms with E-state index in [0.29, 0.717) is 0 Å². The molecule has 0 atom stereocenters. The summed E-state index contributed by atoms with van der Waals surface area (Å²) in [5.41, 5.74) is 16.5. The summed E-state index contributed by atoms with van der Waals surface area (Å²) in [6.07, 6.45) is 29.1. The highest BCUT2D eigenvalue weighted by Crippen LogP contribution is 2.22. The van der Waals surface area contributed by atoms with Crippen molar-refractivity contribution in [2.75, 3.05) is 225 Å². The molecule has 0 aliphatic carbocycles. The Labute approximate surface area is 780 Å². The van der Waals surface area contributed by atoms with Crippen LogP contribution in [-0.4, -0.2) is 338 Å². The smallest absolute Gasteiger partial charge is 0.191 e. The first kappa shape index (κ1) is 105. The molecule has 121 heavy (non-hydrogen) atoms. The number of hydrogen-bond donors (Lipinski definition) is 0. The van der Waals surface area contributed by atoms with Crippen molar-refractivity contribution in [3.8, 4) is 0 Å². The number of quaternary nitrogens is 3. The Morgan fingerprint density at radius 3 is 0.868 bits per heavy atom. The molecule has 17 rings (SSSR count). The standard InChI is InChI=1S/C17H27N3.C17H26N2.C16H24N3.C16H24N2.C16H23N2.2C7H8O3S.5BrH/c1-20(2)13-11-18(12-14-20)9-10-19-8-7-16-5-3-4-6-17(16)15-19;1-19(12-5-2-6-13-19)14-11-18-10-9-16-7-3-4-8-17(16)15-18;1-17-8-10-18(11-9-17)12-13-19-7-6-15-4-2-3-5-16(15)14-19;1-18(11-4-5-12-18)13-10-17-9-8-15-6-2-3-7-16(15)14-17;1-4-9-17(10-5-1)12-13-18-11-8-15-6-2-3-7-16(15)14-18;2*1-6-2-4-7(5-3-6)11(8,9)10;;;;;/h3-6,15H,7-14H2,1-2H3;3-4,7-8,15H,2,5-6,9-14H2,1H3;2-5,14H,6-13H2,1H3;2-3,6-7,14H,4-5,8-13H2,1H3;2-3,6-7,14H,1,4-5,8-13H2;2*2-5H,1H3,(H,8,9,10);5*1H/q2*+2;+1;+2;+1;;;;;;;/p-7. The number of likely N-dealkylation sites (tertiary alicyclic amines) is 3. The summed E-state index contributed by atoms with van der Waals surface area (Å²) in [4.78, 5) is 9.90. The van der Waals surface area contributed by atoms with Gasteiger partial charge in [0.1, 0.15) is 66.0 Å². The third kappa shape index (κ3) is 35.5. The minimum atomic E-state index is -4.27. The Hall–Kier alpha value is -5.17. The van der Waals surface area contributed by atoms with Crippen LogP contribution in [0.25, 0.3) is 0 Å². The monoisotopic (exact) mass is 2010 g/mol. The molecule has 10 aliphatic heterocycles. The molecular formula is C96H138Br5N12O6S2+. The lowest BCUT2D eigenvalue weighted by molar-refractivity contribution is -0.920. The summed E-state index contributed by atoms with van der Waals surface area (Å²) < 4.78 is 78.6. The van der Waals surface area contributed by atoms with Gasteiger partial charge in [-0.2, -0.15) is 0 Å². The maximum Gasteiger partial charge on any atom is 0.191 e. The van der Waals surface area contributed by atoms with E-state index >= 15 is 0 Å². The summed E-state index contributed by atoms with van der Waals surface area (Å²) in [5.74, 6) is 0.